The molecule has 0 amide bonds. The molecule has 98 valence electrons. The van der Waals surface area contributed by atoms with E-state index in [1.54, 1.807) is 23.5 Å². The highest BCUT2D eigenvalue weighted by Gasteiger charge is 2.24. The fourth-order valence-electron chi connectivity index (χ4n) is 1.87. The third-order valence-corrected chi connectivity index (χ3v) is 4.30. The summed E-state index contributed by atoms with van der Waals surface area (Å²) in [5, 5.41) is 2.16. The van der Waals surface area contributed by atoms with Crippen LogP contribution in [0.25, 0.3) is 0 Å². The summed E-state index contributed by atoms with van der Waals surface area (Å²) in [6, 6.07) is 8.84. The van der Waals surface area contributed by atoms with E-state index in [1.165, 1.54) is 23.8 Å². The maximum atomic E-state index is 13.6. The van der Waals surface area contributed by atoms with Gasteiger partial charge < -0.3 is 0 Å². The third kappa shape index (κ3) is 3.02. The summed E-state index contributed by atoms with van der Waals surface area (Å²) in [5.41, 5.74) is 0.824. The van der Waals surface area contributed by atoms with Crippen LogP contribution in [0.4, 0.5) is 10.1 Å². The molecule has 1 aliphatic rings. The highest BCUT2D eigenvalue weighted by atomic mass is 32.1. The smallest absolute Gasteiger partial charge is 0.150 e. The number of nitrogens with zero attached hydrogens (tertiary/aromatic N) is 1. The van der Waals surface area contributed by atoms with E-state index >= 15 is 0 Å². The van der Waals surface area contributed by atoms with Gasteiger partial charge >= 0.3 is 0 Å². The molecule has 1 heterocycles. The van der Waals surface area contributed by atoms with Gasteiger partial charge in [-0.1, -0.05) is 11.8 Å². The Morgan fingerprint density at radius 1 is 1.20 bits per heavy atom. The van der Waals surface area contributed by atoms with Crippen LogP contribution < -0.4 is 0 Å². The van der Waals surface area contributed by atoms with Crippen LogP contribution in [0.5, 0.6) is 0 Å². The molecule has 1 aliphatic carbocycles. The van der Waals surface area contributed by atoms with Crippen molar-refractivity contribution < 1.29 is 4.39 Å². The molecule has 1 aromatic heterocycles. The Bertz CT molecular complexity index is 756. The number of hydrogen-bond donors (Lipinski definition) is 0. The number of hydrogen-bond acceptors (Lipinski definition) is 3. The minimum absolute atomic E-state index is 0.192. The fourth-order valence-corrected chi connectivity index (χ4v) is 2.99. The molecule has 0 spiro atoms. The second-order valence-electron chi connectivity index (χ2n) is 4.60. The van der Waals surface area contributed by atoms with Gasteiger partial charge in [0.2, 0.25) is 0 Å². The van der Waals surface area contributed by atoms with Crippen molar-refractivity contribution in [3.63, 3.8) is 0 Å². The molecule has 1 nitrogen and oxygen atoms in total. The van der Waals surface area contributed by atoms with Crippen molar-refractivity contribution in [2.24, 2.45) is 4.99 Å². The van der Waals surface area contributed by atoms with Crippen LogP contribution in [0.2, 0.25) is 0 Å². The second kappa shape index (κ2) is 5.68. The monoisotopic (exact) mass is 299 g/mol. The van der Waals surface area contributed by atoms with Gasteiger partial charge in [0.25, 0.3) is 0 Å². The molecular formula is C16H10FNS2. The van der Waals surface area contributed by atoms with Crippen molar-refractivity contribution >= 4 is 34.4 Å². The van der Waals surface area contributed by atoms with Crippen LogP contribution in [0.3, 0.4) is 0 Å². The molecule has 0 N–H and O–H groups in total. The van der Waals surface area contributed by atoms with Gasteiger partial charge in [0.05, 0.1) is 10.0 Å². The average molecular weight is 299 g/mol. The van der Waals surface area contributed by atoms with E-state index in [2.05, 4.69) is 40.3 Å². The predicted octanol–water partition coefficient (Wildman–Crippen LogP) is 4.90. The molecular weight excluding hydrogens is 289 g/mol. The number of rotatable bonds is 2. The van der Waals surface area contributed by atoms with E-state index in [0.717, 1.165) is 10.8 Å². The van der Waals surface area contributed by atoms with Gasteiger partial charge in [0.1, 0.15) is 5.69 Å². The predicted molar refractivity (Wildman–Crippen MR) is 83.4 cm³/mol. The highest BCUT2D eigenvalue weighted by Crippen LogP contribution is 2.43. The van der Waals surface area contributed by atoms with Crippen LogP contribution in [-0.2, 0) is 0 Å². The number of isothiocyanates is 1. The lowest BCUT2D eigenvalue weighted by molar-refractivity contribution is 0.629. The van der Waals surface area contributed by atoms with Crippen LogP contribution in [0, 0.1) is 17.7 Å². The highest BCUT2D eigenvalue weighted by molar-refractivity contribution is 7.78. The number of aliphatic imine (C=N–C) groups is 1. The summed E-state index contributed by atoms with van der Waals surface area (Å²) in [7, 11) is 0. The summed E-state index contributed by atoms with van der Waals surface area (Å²) in [5.74, 6) is 6.37. The maximum Gasteiger partial charge on any atom is 0.150 e. The fraction of sp³-hybridized carbons (Fsp3) is 0.188. The lowest BCUT2D eigenvalue weighted by Crippen LogP contribution is -1.79. The van der Waals surface area contributed by atoms with E-state index in [0.29, 0.717) is 5.56 Å². The molecule has 1 saturated carbocycles. The zero-order valence-corrected chi connectivity index (χ0v) is 12.2. The Hall–Kier alpha value is -1.79. The molecule has 0 bridgehead atoms. The Balaban J connectivity index is 1.81. The Labute approximate surface area is 126 Å². The minimum atomic E-state index is -0.431. The Morgan fingerprint density at radius 2 is 2.05 bits per heavy atom. The first-order valence-corrected chi connectivity index (χ1v) is 7.48. The number of benzene rings is 1. The largest absolute Gasteiger partial charge is 0.205 e. The number of thiocarbonyl (C=S) groups is 1. The van der Waals surface area contributed by atoms with Crippen LogP contribution in [-0.4, -0.2) is 5.16 Å². The van der Waals surface area contributed by atoms with Crippen LogP contribution >= 0.6 is 23.6 Å². The SMILES string of the molecule is Fc1cc(C#Cc2ccc(C3CC3)s2)ccc1N=C=S. The molecule has 2 aromatic rings. The molecule has 0 atom stereocenters. The van der Waals surface area contributed by atoms with Crippen LogP contribution in [0.15, 0.2) is 35.3 Å². The number of thiophene rings is 1. The molecule has 0 saturated heterocycles. The first-order chi connectivity index (χ1) is 9.76. The molecule has 1 aromatic carbocycles. The van der Waals surface area contributed by atoms with Crippen molar-refractivity contribution in [3.05, 3.63) is 51.5 Å². The maximum absolute atomic E-state index is 13.6. The van der Waals surface area contributed by atoms with Gasteiger partial charge in [-0.3, -0.25) is 0 Å². The summed E-state index contributed by atoms with van der Waals surface area (Å²) in [6.45, 7) is 0. The topological polar surface area (TPSA) is 12.4 Å². The minimum Gasteiger partial charge on any atom is -0.205 e. The normalized spacial score (nSPS) is 13.2. The van der Waals surface area contributed by atoms with Gasteiger partial charge in [-0.05, 0) is 61.3 Å². The molecule has 4 heteroatoms. The molecule has 3 rings (SSSR count). The standard InChI is InChI=1S/C16H10FNS2/c17-14-9-11(2-7-15(14)18-10-19)1-5-13-6-8-16(20-13)12-3-4-12/h2,6-9,12H,3-4H2. The van der Waals surface area contributed by atoms with Crippen molar-refractivity contribution in [1.29, 1.82) is 0 Å². The van der Waals surface area contributed by atoms with Crippen molar-refractivity contribution in [2.75, 3.05) is 0 Å². The summed E-state index contributed by atoms with van der Waals surface area (Å²) >= 11 is 6.19. The Morgan fingerprint density at radius 3 is 2.75 bits per heavy atom. The van der Waals surface area contributed by atoms with Crippen molar-refractivity contribution in [3.8, 4) is 11.8 Å². The number of halogens is 1. The first-order valence-electron chi connectivity index (χ1n) is 6.25. The van der Waals surface area contributed by atoms with Crippen molar-refractivity contribution in [1.82, 2.24) is 0 Å². The lowest BCUT2D eigenvalue weighted by atomic mass is 10.2. The van der Waals surface area contributed by atoms with E-state index in [4.69, 9.17) is 0 Å². The lowest BCUT2D eigenvalue weighted by Gasteiger charge is -1.95. The van der Waals surface area contributed by atoms with Gasteiger partial charge in [0, 0.05) is 10.4 Å². The first kappa shape index (κ1) is 13.2. The average Bonchev–Trinajstić information content (AvgIpc) is 3.19. The van der Waals surface area contributed by atoms with E-state index in [9.17, 15) is 4.39 Å². The Kier molecular flexibility index (Phi) is 3.75. The second-order valence-corrected chi connectivity index (χ2v) is 5.89. The summed E-state index contributed by atoms with van der Waals surface area (Å²) < 4.78 is 13.6. The van der Waals surface area contributed by atoms with Gasteiger partial charge in [-0.15, -0.1) is 11.3 Å². The molecule has 0 aliphatic heterocycles. The van der Waals surface area contributed by atoms with Gasteiger partial charge in [-0.2, -0.15) is 4.99 Å². The molecule has 0 unspecified atom stereocenters. The van der Waals surface area contributed by atoms with E-state index in [1.807, 2.05) is 6.07 Å². The zero-order chi connectivity index (χ0) is 13.9. The quantitative estimate of drug-likeness (QED) is 0.436. The zero-order valence-electron chi connectivity index (χ0n) is 10.5. The third-order valence-electron chi connectivity index (χ3n) is 3.05. The van der Waals surface area contributed by atoms with Crippen molar-refractivity contribution in [2.45, 2.75) is 18.8 Å². The van der Waals surface area contributed by atoms with E-state index < -0.39 is 5.82 Å². The summed E-state index contributed by atoms with van der Waals surface area (Å²) in [6.07, 6.45) is 2.58. The summed E-state index contributed by atoms with van der Waals surface area (Å²) in [4.78, 5) is 6.07. The van der Waals surface area contributed by atoms with Crippen LogP contribution in [0.1, 0.15) is 34.1 Å². The van der Waals surface area contributed by atoms with Gasteiger partial charge in [0.15, 0.2) is 5.82 Å². The molecule has 1 fully saturated rings. The molecule has 20 heavy (non-hydrogen) atoms. The van der Waals surface area contributed by atoms with Gasteiger partial charge in [-0.25, -0.2) is 4.39 Å². The molecule has 0 radical (unpaired) electrons. The van der Waals surface area contributed by atoms with E-state index in [-0.39, 0.29) is 5.69 Å².